The largest absolute Gasteiger partial charge is 0.281 e. The maximum absolute atomic E-state index is 11.3. The van der Waals surface area contributed by atoms with Gasteiger partial charge in [0.05, 0.1) is 0 Å². The Balaban J connectivity index is 2.79. The minimum absolute atomic E-state index is 0.157. The van der Waals surface area contributed by atoms with Gasteiger partial charge in [-0.25, -0.2) is 0 Å². The van der Waals surface area contributed by atoms with Crippen molar-refractivity contribution in [2.24, 2.45) is 16.7 Å². The molecule has 1 aliphatic carbocycles. The minimum Gasteiger partial charge on any atom is -0.281 e. The van der Waals surface area contributed by atoms with Gasteiger partial charge >= 0.3 is 0 Å². The zero-order chi connectivity index (χ0) is 10.3. The summed E-state index contributed by atoms with van der Waals surface area (Å²) in [5, 5.41) is -0.157. The predicted molar refractivity (Wildman–Crippen MR) is 55.8 cm³/mol. The zero-order valence-electron chi connectivity index (χ0n) is 8.98. The molecule has 0 aromatic carbocycles. The molecule has 0 aliphatic heterocycles. The first-order valence-corrected chi connectivity index (χ1v) is 5.36. The lowest BCUT2D eigenvalue weighted by Crippen LogP contribution is -2.40. The molecule has 1 saturated carbocycles. The number of halogens is 1. The Labute approximate surface area is 85.8 Å². The van der Waals surface area contributed by atoms with Crippen LogP contribution >= 0.6 is 11.6 Å². The molecule has 0 amide bonds. The molecule has 1 unspecified atom stereocenters. The highest BCUT2D eigenvalue weighted by atomic mass is 35.5. The number of carbonyl (C=O) groups excluding carboxylic acids is 1. The van der Waals surface area contributed by atoms with Crippen molar-refractivity contribution in [2.75, 3.05) is 0 Å². The predicted octanol–water partition coefficient (Wildman–Crippen LogP) is 3.60. The van der Waals surface area contributed by atoms with Gasteiger partial charge in [0, 0.05) is 5.41 Å². The van der Waals surface area contributed by atoms with E-state index in [0.29, 0.717) is 11.3 Å². The summed E-state index contributed by atoms with van der Waals surface area (Å²) in [5.41, 5.74) is 0.0995. The monoisotopic (exact) mass is 202 g/mol. The Morgan fingerprint density at radius 2 is 1.85 bits per heavy atom. The minimum atomic E-state index is -0.281. The highest BCUT2D eigenvalue weighted by Gasteiger charge is 2.44. The standard InChI is InChI=1S/C11H19ClO/c1-8-7-10(2,3)5-6-11(8,4)9(12)13/h8H,5-7H2,1-4H3/t8?,11-/m1/s1. The van der Waals surface area contributed by atoms with Crippen molar-refractivity contribution < 1.29 is 4.79 Å². The van der Waals surface area contributed by atoms with Crippen molar-refractivity contribution in [1.82, 2.24) is 0 Å². The van der Waals surface area contributed by atoms with Crippen molar-refractivity contribution >= 4 is 16.8 Å². The average molecular weight is 203 g/mol. The van der Waals surface area contributed by atoms with Crippen molar-refractivity contribution in [3.63, 3.8) is 0 Å². The Morgan fingerprint density at radius 3 is 2.23 bits per heavy atom. The third-order valence-electron chi connectivity index (χ3n) is 3.72. The molecule has 1 nitrogen and oxygen atoms in total. The van der Waals surface area contributed by atoms with E-state index < -0.39 is 0 Å². The van der Waals surface area contributed by atoms with Crippen LogP contribution in [0.5, 0.6) is 0 Å². The summed E-state index contributed by atoms with van der Waals surface area (Å²) in [6.45, 7) is 8.67. The quantitative estimate of drug-likeness (QED) is 0.594. The summed E-state index contributed by atoms with van der Waals surface area (Å²) in [6, 6.07) is 0. The number of carbonyl (C=O) groups is 1. The van der Waals surface area contributed by atoms with Crippen LogP contribution in [0.4, 0.5) is 0 Å². The van der Waals surface area contributed by atoms with E-state index in [-0.39, 0.29) is 10.7 Å². The van der Waals surface area contributed by atoms with E-state index in [2.05, 4.69) is 20.8 Å². The molecule has 0 aromatic heterocycles. The van der Waals surface area contributed by atoms with Gasteiger partial charge in [-0.15, -0.1) is 0 Å². The van der Waals surface area contributed by atoms with Gasteiger partial charge in [-0.2, -0.15) is 0 Å². The first-order chi connectivity index (χ1) is 5.78. The molecule has 0 N–H and O–H groups in total. The third-order valence-corrected chi connectivity index (χ3v) is 4.15. The molecule has 0 aromatic rings. The first-order valence-electron chi connectivity index (χ1n) is 4.98. The summed E-state index contributed by atoms with van der Waals surface area (Å²) in [4.78, 5) is 11.3. The third kappa shape index (κ3) is 2.07. The van der Waals surface area contributed by atoms with E-state index in [1.165, 1.54) is 0 Å². The second kappa shape index (κ2) is 3.27. The lowest BCUT2D eigenvalue weighted by Gasteiger charge is -2.44. The fourth-order valence-electron chi connectivity index (χ4n) is 2.29. The normalized spacial score (nSPS) is 38.7. The van der Waals surface area contributed by atoms with E-state index in [4.69, 9.17) is 11.6 Å². The van der Waals surface area contributed by atoms with Crippen LogP contribution in [0.25, 0.3) is 0 Å². The van der Waals surface area contributed by atoms with Crippen LogP contribution in [0, 0.1) is 16.7 Å². The molecule has 76 valence electrons. The molecule has 0 spiro atoms. The number of hydrogen-bond donors (Lipinski definition) is 0. The topological polar surface area (TPSA) is 17.1 Å². The molecular weight excluding hydrogens is 184 g/mol. The smallest absolute Gasteiger partial charge is 0.227 e. The molecule has 0 bridgehead atoms. The molecular formula is C11H19ClO. The average Bonchev–Trinajstić information content (AvgIpc) is 1.96. The molecule has 2 atom stereocenters. The number of hydrogen-bond acceptors (Lipinski definition) is 1. The van der Waals surface area contributed by atoms with E-state index >= 15 is 0 Å². The Kier molecular flexibility index (Phi) is 2.78. The van der Waals surface area contributed by atoms with Crippen LogP contribution in [0.1, 0.15) is 47.0 Å². The van der Waals surface area contributed by atoms with Gasteiger partial charge in [0.2, 0.25) is 5.24 Å². The fourth-order valence-corrected chi connectivity index (χ4v) is 2.57. The fraction of sp³-hybridized carbons (Fsp3) is 0.909. The van der Waals surface area contributed by atoms with Gasteiger partial charge in [-0.1, -0.05) is 27.7 Å². The Bertz CT molecular complexity index is 222. The summed E-state index contributed by atoms with van der Waals surface area (Å²) in [7, 11) is 0. The van der Waals surface area contributed by atoms with Crippen LogP contribution in [-0.2, 0) is 4.79 Å². The lowest BCUT2D eigenvalue weighted by molar-refractivity contribution is -0.125. The van der Waals surface area contributed by atoms with Crippen molar-refractivity contribution in [2.45, 2.75) is 47.0 Å². The lowest BCUT2D eigenvalue weighted by atomic mass is 9.61. The van der Waals surface area contributed by atoms with E-state index in [9.17, 15) is 4.79 Å². The van der Waals surface area contributed by atoms with Gasteiger partial charge in [0.1, 0.15) is 0 Å². The SMILES string of the molecule is CC1CC(C)(C)CC[C@@]1(C)C(=O)Cl. The van der Waals surface area contributed by atoms with Crippen molar-refractivity contribution in [3.05, 3.63) is 0 Å². The molecule has 1 rings (SSSR count). The Hall–Kier alpha value is -0.0400. The van der Waals surface area contributed by atoms with Gasteiger partial charge in [-0.3, -0.25) is 4.79 Å². The van der Waals surface area contributed by atoms with Gasteiger partial charge in [-0.05, 0) is 42.2 Å². The van der Waals surface area contributed by atoms with Crippen molar-refractivity contribution in [3.8, 4) is 0 Å². The van der Waals surface area contributed by atoms with E-state index in [1.807, 2.05) is 6.92 Å². The van der Waals surface area contributed by atoms with Crippen LogP contribution in [0.15, 0.2) is 0 Å². The molecule has 2 heteroatoms. The Morgan fingerprint density at radius 1 is 1.31 bits per heavy atom. The van der Waals surface area contributed by atoms with Crippen LogP contribution in [-0.4, -0.2) is 5.24 Å². The highest BCUT2D eigenvalue weighted by molar-refractivity contribution is 6.64. The van der Waals surface area contributed by atoms with Crippen LogP contribution in [0.2, 0.25) is 0 Å². The molecule has 1 fully saturated rings. The zero-order valence-corrected chi connectivity index (χ0v) is 9.74. The molecule has 0 heterocycles. The molecule has 0 radical (unpaired) electrons. The summed E-state index contributed by atoms with van der Waals surface area (Å²) < 4.78 is 0. The second-order valence-electron chi connectivity index (χ2n) is 5.46. The van der Waals surface area contributed by atoms with Gasteiger partial charge < -0.3 is 0 Å². The van der Waals surface area contributed by atoms with E-state index in [0.717, 1.165) is 19.3 Å². The first kappa shape index (κ1) is 11.0. The van der Waals surface area contributed by atoms with Crippen molar-refractivity contribution in [1.29, 1.82) is 0 Å². The van der Waals surface area contributed by atoms with Gasteiger partial charge in [0.15, 0.2) is 0 Å². The molecule has 0 saturated heterocycles. The summed E-state index contributed by atoms with van der Waals surface area (Å²) in [5.74, 6) is 0.404. The second-order valence-corrected chi connectivity index (χ2v) is 5.80. The maximum atomic E-state index is 11.3. The molecule has 13 heavy (non-hydrogen) atoms. The van der Waals surface area contributed by atoms with Crippen LogP contribution in [0.3, 0.4) is 0 Å². The van der Waals surface area contributed by atoms with Gasteiger partial charge in [0.25, 0.3) is 0 Å². The number of rotatable bonds is 1. The summed E-state index contributed by atoms with van der Waals surface area (Å²) >= 11 is 5.65. The molecule has 1 aliphatic rings. The van der Waals surface area contributed by atoms with Crippen LogP contribution < -0.4 is 0 Å². The highest BCUT2D eigenvalue weighted by Crippen LogP contribution is 2.49. The maximum Gasteiger partial charge on any atom is 0.227 e. The summed E-state index contributed by atoms with van der Waals surface area (Å²) in [6.07, 6.45) is 3.14. The van der Waals surface area contributed by atoms with E-state index in [1.54, 1.807) is 0 Å².